The highest BCUT2D eigenvalue weighted by Gasteiger charge is 2.26. The second-order valence-corrected chi connectivity index (χ2v) is 10.5. The number of aromatic nitrogens is 1. The molecule has 2 atom stereocenters. The highest BCUT2D eigenvalue weighted by atomic mass is 16.5. The normalized spacial score (nSPS) is 21.2. The Balaban J connectivity index is 1.04. The van der Waals surface area contributed by atoms with E-state index in [-0.39, 0.29) is 6.10 Å². The summed E-state index contributed by atoms with van der Waals surface area (Å²) in [6, 6.07) is 12.6. The Bertz CT molecular complexity index is 989. The third kappa shape index (κ3) is 6.62. The maximum atomic E-state index is 11.9. The molecule has 188 valence electrons. The maximum absolute atomic E-state index is 11.9. The lowest BCUT2D eigenvalue weighted by Crippen LogP contribution is -2.40. The van der Waals surface area contributed by atoms with Crippen LogP contribution in [-0.4, -0.2) is 59.8 Å². The number of carboxylic acids is 1. The number of benzene rings is 1. The van der Waals surface area contributed by atoms with Crippen molar-refractivity contribution in [2.75, 3.05) is 38.1 Å². The molecule has 1 aromatic carbocycles. The molecule has 2 fully saturated rings. The van der Waals surface area contributed by atoms with Crippen LogP contribution in [0.2, 0.25) is 0 Å². The molecule has 1 saturated carbocycles. The molecule has 35 heavy (non-hydrogen) atoms. The molecule has 6 heteroatoms. The van der Waals surface area contributed by atoms with Crippen molar-refractivity contribution in [3.63, 3.8) is 0 Å². The molecule has 0 bridgehead atoms. The molecule has 1 aromatic heterocycles. The molecule has 2 N–H and O–H groups in total. The van der Waals surface area contributed by atoms with Crippen LogP contribution in [0.5, 0.6) is 0 Å². The molecule has 6 nitrogen and oxygen atoms in total. The zero-order valence-electron chi connectivity index (χ0n) is 20.8. The van der Waals surface area contributed by atoms with Gasteiger partial charge in [-0.15, -0.1) is 0 Å². The molecule has 1 saturated heterocycles. The number of rotatable bonds is 11. The largest absolute Gasteiger partial charge is 0.481 e. The van der Waals surface area contributed by atoms with E-state index in [1.54, 1.807) is 0 Å². The number of carboxylic acid groups (broad SMARTS) is 1. The van der Waals surface area contributed by atoms with Gasteiger partial charge in [-0.05, 0) is 99.6 Å². The van der Waals surface area contributed by atoms with Crippen molar-refractivity contribution < 1.29 is 14.6 Å². The predicted molar refractivity (Wildman–Crippen MR) is 138 cm³/mol. The van der Waals surface area contributed by atoms with Crippen LogP contribution >= 0.6 is 0 Å². The summed E-state index contributed by atoms with van der Waals surface area (Å²) in [6.45, 7) is 4.62. The Morgan fingerprint density at radius 2 is 2.00 bits per heavy atom. The maximum Gasteiger partial charge on any atom is 0.311 e. The number of aliphatic carboxylic acids is 1. The number of aryl methyl sites for hydroxylation is 2. The number of piperidine rings is 1. The summed E-state index contributed by atoms with van der Waals surface area (Å²) in [7, 11) is 0. The first-order valence-electron chi connectivity index (χ1n) is 13.5. The monoisotopic (exact) mass is 477 g/mol. The Morgan fingerprint density at radius 1 is 1.14 bits per heavy atom. The van der Waals surface area contributed by atoms with Gasteiger partial charge in [0.15, 0.2) is 0 Å². The van der Waals surface area contributed by atoms with Crippen molar-refractivity contribution in [3.05, 3.63) is 58.8 Å². The van der Waals surface area contributed by atoms with Crippen molar-refractivity contribution in [1.82, 2.24) is 9.88 Å². The van der Waals surface area contributed by atoms with E-state index in [1.807, 2.05) is 12.1 Å². The predicted octanol–water partition coefficient (Wildman–Crippen LogP) is 4.99. The molecular formula is C29H39N3O3. The number of fused-ring (bicyclic) bond motifs is 1. The van der Waals surface area contributed by atoms with Crippen molar-refractivity contribution in [2.24, 2.45) is 0 Å². The third-order valence-corrected chi connectivity index (χ3v) is 7.77. The Morgan fingerprint density at radius 3 is 2.80 bits per heavy atom. The van der Waals surface area contributed by atoms with Crippen LogP contribution in [0.4, 0.5) is 5.82 Å². The Hall–Kier alpha value is -2.44. The first-order valence-corrected chi connectivity index (χ1v) is 13.5. The minimum Gasteiger partial charge on any atom is -0.481 e. The lowest BCUT2D eigenvalue weighted by atomic mass is 9.94. The minimum atomic E-state index is -0.760. The molecule has 0 radical (unpaired) electrons. The third-order valence-electron chi connectivity index (χ3n) is 7.77. The van der Waals surface area contributed by atoms with Crippen LogP contribution in [-0.2, 0) is 22.4 Å². The van der Waals surface area contributed by atoms with E-state index in [4.69, 9.17) is 9.72 Å². The van der Waals surface area contributed by atoms with Crippen LogP contribution in [0, 0.1) is 0 Å². The van der Waals surface area contributed by atoms with Gasteiger partial charge >= 0.3 is 5.97 Å². The van der Waals surface area contributed by atoms with Crippen molar-refractivity contribution in [1.29, 1.82) is 0 Å². The number of nitrogens with one attached hydrogen (secondary N) is 1. The molecule has 2 aliphatic heterocycles. The standard InChI is InChI=1S/C29H39N3O3/c33-29(34)27(23-11-9-22(10-12-23)21-7-8-21)15-19-35-26-6-3-18-32(20-26)17-2-5-25-14-13-24-4-1-16-30-28(24)31-25/h9-14,21,26-27H,1-8,15-20H2,(H,30,31)(H,33,34)/t26-,27+/m1/s1. The second-order valence-electron chi connectivity index (χ2n) is 10.5. The second kappa shape index (κ2) is 11.5. The Kier molecular flexibility index (Phi) is 7.99. The number of anilines is 1. The fraction of sp³-hybridized carbons (Fsp3) is 0.586. The zero-order valence-corrected chi connectivity index (χ0v) is 20.8. The van der Waals surface area contributed by atoms with Gasteiger partial charge in [-0.2, -0.15) is 0 Å². The zero-order chi connectivity index (χ0) is 24.0. The summed E-state index contributed by atoms with van der Waals surface area (Å²) >= 11 is 0. The van der Waals surface area contributed by atoms with E-state index in [0.717, 1.165) is 69.7 Å². The summed E-state index contributed by atoms with van der Waals surface area (Å²) in [4.78, 5) is 19.2. The van der Waals surface area contributed by atoms with E-state index >= 15 is 0 Å². The van der Waals surface area contributed by atoms with Gasteiger partial charge in [-0.25, -0.2) is 4.98 Å². The summed E-state index contributed by atoms with van der Waals surface area (Å²) in [6.07, 6.45) is 9.84. The number of hydrogen-bond donors (Lipinski definition) is 2. The summed E-state index contributed by atoms with van der Waals surface area (Å²) < 4.78 is 6.19. The highest BCUT2D eigenvalue weighted by molar-refractivity contribution is 5.76. The fourth-order valence-corrected chi connectivity index (χ4v) is 5.55. The topological polar surface area (TPSA) is 74.7 Å². The van der Waals surface area contributed by atoms with Gasteiger partial charge in [0, 0.05) is 25.4 Å². The van der Waals surface area contributed by atoms with Crippen molar-refractivity contribution in [2.45, 2.75) is 75.7 Å². The highest BCUT2D eigenvalue weighted by Crippen LogP contribution is 2.40. The first-order chi connectivity index (χ1) is 17.2. The van der Waals surface area contributed by atoms with E-state index < -0.39 is 11.9 Å². The van der Waals surface area contributed by atoms with Crippen LogP contribution in [0.25, 0.3) is 0 Å². The van der Waals surface area contributed by atoms with E-state index in [0.29, 0.717) is 18.9 Å². The molecule has 0 amide bonds. The molecule has 0 unspecified atom stereocenters. The average Bonchev–Trinajstić information content (AvgIpc) is 3.73. The fourth-order valence-electron chi connectivity index (χ4n) is 5.55. The average molecular weight is 478 g/mol. The number of carbonyl (C=O) groups is 1. The quantitative estimate of drug-likeness (QED) is 0.475. The van der Waals surface area contributed by atoms with Crippen LogP contribution in [0.15, 0.2) is 36.4 Å². The summed E-state index contributed by atoms with van der Waals surface area (Å²) in [5.74, 6) is 0.514. The smallest absolute Gasteiger partial charge is 0.311 e. The number of ether oxygens (including phenoxy) is 1. The minimum absolute atomic E-state index is 0.196. The van der Waals surface area contributed by atoms with Gasteiger partial charge in [0.1, 0.15) is 5.82 Å². The number of nitrogens with zero attached hydrogens (tertiary/aromatic N) is 2. The molecule has 3 aliphatic rings. The van der Waals surface area contributed by atoms with Gasteiger partial charge in [-0.1, -0.05) is 30.3 Å². The van der Waals surface area contributed by atoms with Crippen LogP contribution in [0.1, 0.15) is 79.2 Å². The molecule has 1 aliphatic carbocycles. The van der Waals surface area contributed by atoms with Crippen molar-refractivity contribution in [3.8, 4) is 0 Å². The molecular weight excluding hydrogens is 438 g/mol. The van der Waals surface area contributed by atoms with Crippen LogP contribution < -0.4 is 5.32 Å². The van der Waals surface area contributed by atoms with Gasteiger partial charge in [0.25, 0.3) is 0 Å². The van der Waals surface area contributed by atoms with Crippen molar-refractivity contribution >= 4 is 11.8 Å². The van der Waals surface area contributed by atoms with Gasteiger partial charge in [-0.3, -0.25) is 4.79 Å². The molecule has 2 aromatic rings. The molecule has 5 rings (SSSR count). The number of hydrogen-bond acceptors (Lipinski definition) is 5. The van der Waals surface area contributed by atoms with Gasteiger partial charge < -0.3 is 20.1 Å². The van der Waals surface area contributed by atoms with Gasteiger partial charge in [0.2, 0.25) is 0 Å². The van der Waals surface area contributed by atoms with E-state index in [1.165, 1.54) is 36.1 Å². The Labute approximate surface area is 209 Å². The molecule has 0 spiro atoms. The lowest BCUT2D eigenvalue weighted by molar-refractivity contribution is -0.139. The van der Waals surface area contributed by atoms with E-state index in [2.05, 4.69) is 34.5 Å². The number of pyridine rings is 1. The summed E-state index contributed by atoms with van der Waals surface area (Å²) in [5.41, 5.74) is 4.75. The number of likely N-dealkylation sites (tertiary alicyclic amines) is 1. The SMILES string of the molecule is O=C(O)[C@@H](CCO[C@@H]1CCCN(CCCc2ccc3c(n2)NCCC3)C1)c1ccc(C2CC2)cc1. The van der Waals surface area contributed by atoms with Crippen LogP contribution in [0.3, 0.4) is 0 Å². The van der Waals surface area contributed by atoms with Gasteiger partial charge in [0.05, 0.1) is 12.0 Å². The van der Waals surface area contributed by atoms with E-state index in [9.17, 15) is 9.90 Å². The summed E-state index contributed by atoms with van der Waals surface area (Å²) in [5, 5.41) is 13.2. The first kappa shape index (κ1) is 24.3. The molecule has 3 heterocycles. The lowest BCUT2D eigenvalue weighted by Gasteiger charge is -2.32.